The Balaban J connectivity index is 1.15. The predicted octanol–water partition coefficient (Wildman–Crippen LogP) is 11.2. The summed E-state index contributed by atoms with van der Waals surface area (Å²) >= 11 is 0. The van der Waals surface area contributed by atoms with Gasteiger partial charge in [0.25, 0.3) is 0 Å². The van der Waals surface area contributed by atoms with Gasteiger partial charge in [0, 0.05) is 32.7 Å². The number of phenolic OH excluding ortho intramolecular Hbond substituents is 7. The van der Waals surface area contributed by atoms with Gasteiger partial charge in [-0.1, -0.05) is 98.8 Å². The van der Waals surface area contributed by atoms with Crippen LogP contribution in [0.15, 0.2) is 108 Å². The van der Waals surface area contributed by atoms with Gasteiger partial charge in [0.15, 0.2) is 23.0 Å². The number of benzene rings is 9. The number of hydrogen-bond donors (Lipinski definition) is 7. The minimum atomic E-state index is -1.08. The molecule has 9 aromatic carbocycles. The topological polar surface area (TPSA) is 155 Å². The van der Waals surface area contributed by atoms with Gasteiger partial charge in [0.1, 0.15) is 11.2 Å². The first-order valence-corrected chi connectivity index (χ1v) is 17.8. The summed E-state index contributed by atoms with van der Waals surface area (Å²) in [5.41, 5.74) is 8.57. The Kier molecular flexibility index (Phi) is 5.80. The van der Waals surface area contributed by atoms with Crippen molar-refractivity contribution < 1.29 is 40.2 Å². The average molecular weight is 723 g/mol. The van der Waals surface area contributed by atoms with Gasteiger partial charge >= 0.3 is 0 Å². The second-order valence-electron chi connectivity index (χ2n) is 15.1. The fourth-order valence-electron chi connectivity index (χ4n) is 9.42. The zero-order valence-electron chi connectivity index (χ0n) is 29.4. The number of hydrogen-bond acceptors (Lipinski definition) is 8. The molecule has 0 unspecified atom stereocenters. The van der Waals surface area contributed by atoms with Gasteiger partial charge in [-0.25, -0.2) is 0 Å². The van der Waals surface area contributed by atoms with Crippen molar-refractivity contribution in [2.75, 3.05) is 0 Å². The van der Waals surface area contributed by atoms with E-state index in [0.29, 0.717) is 10.9 Å². The largest absolute Gasteiger partial charge is 0.504 e. The fourth-order valence-corrected chi connectivity index (χ4v) is 9.42. The maximum Gasteiger partial charge on any atom is 0.205 e. The SMILES string of the molecule is CC1(C)c2ccccc2-c2ccc3c(oc4ccc(-c5ccc6ccc7c(-c8c(O)c(O)c(O)c9c(O)c(O)c(O)c(O)c89)ccc8ccc5c6c87)cc43)c21. The molecule has 0 radical (unpaired) electrons. The van der Waals surface area contributed by atoms with Crippen molar-refractivity contribution >= 4 is 65.0 Å². The Hall–Kier alpha value is -7.32. The van der Waals surface area contributed by atoms with Crippen molar-refractivity contribution in [2.24, 2.45) is 0 Å². The van der Waals surface area contributed by atoms with Crippen molar-refractivity contribution in [3.05, 3.63) is 114 Å². The lowest BCUT2D eigenvalue weighted by molar-refractivity contribution is 0.347. The molecule has 266 valence electrons. The lowest BCUT2D eigenvalue weighted by Crippen LogP contribution is -2.15. The summed E-state index contributed by atoms with van der Waals surface area (Å²) in [5.74, 6) is -6.70. The normalized spacial score (nSPS) is 13.6. The molecule has 1 heterocycles. The van der Waals surface area contributed by atoms with E-state index in [2.05, 4.69) is 80.6 Å². The van der Waals surface area contributed by atoms with E-state index in [0.717, 1.165) is 60.0 Å². The summed E-state index contributed by atoms with van der Waals surface area (Å²) in [5, 5.41) is 81.9. The van der Waals surface area contributed by atoms with Gasteiger partial charge < -0.3 is 40.2 Å². The third-order valence-corrected chi connectivity index (χ3v) is 12.0. The molecule has 0 atom stereocenters. The minimum absolute atomic E-state index is 0.151. The fraction of sp³-hybridized carbons (Fsp3) is 0.0638. The molecular formula is C47H30O8. The first-order chi connectivity index (χ1) is 26.5. The van der Waals surface area contributed by atoms with Gasteiger partial charge in [0.2, 0.25) is 17.2 Å². The molecule has 8 heteroatoms. The molecule has 0 aliphatic heterocycles. The summed E-state index contributed by atoms with van der Waals surface area (Å²) in [6.07, 6.45) is 0. The molecule has 0 amide bonds. The predicted molar refractivity (Wildman–Crippen MR) is 215 cm³/mol. The van der Waals surface area contributed by atoms with Crippen LogP contribution < -0.4 is 0 Å². The van der Waals surface area contributed by atoms with E-state index in [1.54, 1.807) is 6.07 Å². The summed E-state index contributed by atoms with van der Waals surface area (Å²) < 4.78 is 6.66. The van der Waals surface area contributed by atoms with Crippen LogP contribution in [-0.2, 0) is 5.41 Å². The minimum Gasteiger partial charge on any atom is -0.504 e. The van der Waals surface area contributed by atoms with Crippen molar-refractivity contribution in [3.8, 4) is 73.6 Å². The van der Waals surface area contributed by atoms with E-state index in [-0.39, 0.29) is 16.4 Å². The number of furan rings is 1. The molecule has 8 nitrogen and oxygen atoms in total. The molecule has 0 saturated heterocycles. The van der Waals surface area contributed by atoms with Crippen molar-refractivity contribution in [3.63, 3.8) is 0 Å². The van der Waals surface area contributed by atoms with E-state index in [9.17, 15) is 35.7 Å². The third-order valence-electron chi connectivity index (χ3n) is 12.0. The molecule has 55 heavy (non-hydrogen) atoms. The lowest BCUT2D eigenvalue weighted by Gasteiger charge is -2.21. The van der Waals surface area contributed by atoms with Gasteiger partial charge in [0.05, 0.1) is 5.39 Å². The number of rotatable bonds is 2. The number of aromatic hydroxyl groups is 7. The second kappa shape index (κ2) is 10.2. The van der Waals surface area contributed by atoms with Gasteiger partial charge in [-0.3, -0.25) is 0 Å². The van der Waals surface area contributed by atoms with Crippen LogP contribution in [0.4, 0.5) is 0 Å². The summed E-state index contributed by atoms with van der Waals surface area (Å²) in [7, 11) is 0. The summed E-state index contributed by atoms with van der Waals surface area (Å²) in [4.78, 5) is 0. The van der Waals surface area contributed by atoms with E-state index in [4.69, 9.17) is 4.42 Å². The highest BCUT2D eigenvalue weighted by molar-refractivity contribution is 6.29. The Labute approximate surface area is 311 Å². The molecule has 1 aromatic heterocycles. The highest BCUT2D eigenvalue weighted by atomic mass is 16.4. The maximum atomic E-state index is 11.3. The maximum absolute atomic E-state index is 11.3. The van der Waals surface area contributed by atoms with Crippen LogP contribution in [0.1, 0.15) is 25.0 Å². The molecule has 0 fully saturated rings. The standard InChI is InChI=1S/C47H30O8/c1-47(2)31-6-4-3-5-24(31)28-16-17-29-30-19-22(11-18-32(30)55-46(29)38(28)47)23-12-7-20-9-14-26-27(15-10-21-8-13-25(23)33(20)34(21)26)35-36-37(41(50)43(52)39(35)48)42(51)45(54)44(53)40(36)49/h3-19,48-54H,1-2H3. The smallest absolute Gasteiger partial charge is 0.205 e. The Morgan fingerprint density at radius 2 is 1.00 bits per heavy atom. The van der Waals surface area contributed by atoms with Crippen molar-refractivity contribution in [1.29, 1.82) is 0 Å². The van der Waals surface area contributed by atoms with Crippen molar-refractivity contribution in [1.82, 2.24) is 0 Å². The highest BCUT2D eigenvalue weighted by Gasteiger charge is 2.38. The highest BCUT2D eigenvalue weighted by Crippen LogP contribution is 2.60. The second-order valence-corrected chi connectivity index (χ2v) is 15.1. The molecule has 7 N–H and O–H groups in total. The van der Waals surface area contributed by atoms with E-state index in [1.807, 2.05) is 30.3 Å². The van der Waals surface area contributed by atoms with Crippen molar-refractivity contribution in [2.45, 2.75) is 19.3 Å². The Morgan fingerprint density at radius 1 is 0.436 bits per heavy atom. The summed E-state index contributed by atoms with van der Waals surface area (Å²) in [6.45, 7) is 4.50. The molecule has 0 spiro atoms. The van der Waals surface area contributed by atoms with Crippen LogP contribution in [0.2, 0.25) is 0 Å². The quantitative estimate of drug-likeness (QED) is 0.0528. The zero-order valence-corrected chi connectivity index (χ0v) is 29.4. The van der Waals surface area contributed by atoms with Crippen LogP contribution in [0, 0.1) is 0 Å². The van der Waals surface area contributed by atoms with Crippen LogP contribution >= 0.6 is 0 Å². The summed E-state index contributed by atoms with van der Waals surface area (Å²) in [6, 6.07) is 34.8. The van der Waals surface area contributed by atoms with E-state index >= 15 is 0 Å². The average Bonchev–Trinajstić information content (AvgIpc) is 3.68. The van der Waals surface area contributed by atoms with Crippen LogP contribution in [0.25, 0.3) is 98.4 Å². The molecular weight excluding hydrogens is 693 g/mol. The van der Waals surface area contributed by atoms with Gasteiger partial charge in [-0.15, -0.1) is 0 Å². The van der Waals surface area contributed by atoms with Crippen LogP contribution in [0.3, 0.4) is 0 Å². The first-order valence-electron chi connectivity index (χ1n) is 17.8. The zero-order chi connectivity index (χ0) is 37.8. The molecule has 10 aromatic rings. The molecule has 11 rings (SSSR count). The third kappa shape index (κ3) is 3.75. The number of phenols is 7. The van der Waals surface area contributed by atoms with Gasteiger partial charge in [-0.2, -0.15) is 0 Å². The Morgan fingerprint density at radius 3 is 1.71 bits per heavy atom. The first kappa shape index (κ1) is 31.2. The van der Waals surface area contributed by atoms with E-state index < -0.39 is 45.6 Å². The van der Waals surface area contributed by atoms with Crippen LogP contribution in [-0.4, -0.2) is 35.7 Å². The van der Waals surface area contributed by atoms with E-state index in [1.165, 1.54) is 22.3 Å². The van der Waals surface area contributed by atoms with Crippen LogP contribution in [0.5, 0.6) is 40.2 Å². The monoisotopic (exact) mass is 722 g/mol. The molecule has 0 saturated carbocycles. The number of fused-ring (bicyclic) bond motifs is 8. The molecule has 0 bridgehead atoms. The molecule has 1 aliphatic carbocycles. The van der Waals surface area contributed by atoms with Gasteiger partial charge in [-0.05, 0) is 83.9 Å². The molecule has 1 aliphatic rings. The lowest BCUT2D eigenvalue weighted by atomic mass is 9.82. The Bertz CT molecular complexity index is 3360.